The number of aromatic nitrogens is 1. The maximum Gasteiger partial charge on any atom is 0.338 e. The molecule has 0 fully saturated rings. The lowest BCUT2D eigenvalue weighted by Crippen LogP contribution is -2.03. The van der Waals surface area contributed by atoms with Crippen LogP contribution < -0.4 is 0 Å². The van der Waals surface area contributed by atoms with E-state index < -0.39 is 0 Å². The first-order chi connectivity index (χ1) is 11.7. The van der Waals surface area contributed by atoms with Crippen molar-refractivity contribution in [1.29, 1.82) is 0 Å². The molecule has 2 aromatic carbocycles. The lowest BCUT2D eigenvalue weighted by Gasteiger charge is -2.02. The van der Waals surface area contributed by atoms with Crippen LogP contribution in [0.2, 0.25) is 0 Å². The second-order valence-electron chi connectivity index (χ2n) is 5.02. The molecule has 1 heterocycles. The topological polar surface area (TPSA) is 69.4 Å². The van der Waals surface area contributed by atoms with E-state index in [2.05, 4.69) is 4.98 Å². The number of hydrogen-bond donors (Lipinski definition) is 0. The zero-order valence-corrected chi connectivity index (χ0v) is 13.1. The molecule has 5 nitrogen and oxygen atoms in total. The molecule has 0 unspecified atom stereocenters. The lowest BCUT2D eigenvalue weighted by molar-refractivity contribution is 0.0526. The van der Waals surface area contributed by atoms with Gasteiger partial charge in [0.05, 0.1) is 18.4 Å². The summed E-state index contributed by atoms with van der Waals surface area (Å²) in [5, 5.41) is 0. The van der Waals surface area contributed by atoms with Gasteiger partial charge in [-0.25, -0.2) is 9.78 Å². The summed E-state index contributed by atoms with van der Waals surface area (Å²) in [6.45, 7) is 2.08. The number of esters is 1. The molecule has 0 radical (unpaired) electrons. The van der Waals surface area contributed by atoms with Crippen molar-refractivity contribution in [3.63, 3.8) is 0 Å². The van der Waals surface area contributed by atoms with Gasteiger partial charge in [-0.2, -0.15) is 0 Å². The van der Waals surface area contributed by atoms with Crippen LogP contribution >= 0.6 is 0 Å². The Morgan fingerprint density at radius 1 is 1.00 bits per heavy atom. The SMILES string of the molecule is CCOC(=O)c1ccc(-c2ncc(C(=O)c3ccccc3)o2)cc1. The highest BCUT2D eigenvalue weighted by atomic mass is 16.5. The van der Waals surface area contributed by atoms with Crippen LogP contribution in [0.25, 0.3) is 11.5 Å². The normalized spacial score (nSPS) is 10.4. The highest BCUT2D eigenvalue weighted by Crippen LogP contribution is 2.21. The highest BCUT2D eigenvalue weighted by molar-refractivity contribution is 6.07. The third-order valence-electron chi connectivity index (χ3n) is 3.41. The van der Waals surface area contributed by atoms with Crippen LogP contribution in [-0.4, -0.2) is 23.3 Å². The molecule has 0 amide bonds. The van der Waals surface area contributed by atoms with Crippen molar-refractivity contribution in [3.8, 4) is 11.5 Å². The molecule has 120 valence electrons. The molecule has 0 aliphatic heterocycles. The molecule has 0 saturated heterocycles. The van der Waals surface area contributed by atoms with Crippen molar-refractivity contribution >= 4 is 11.8 Å². The molecule has 0 bridgehead atoms. The van der Waals surface area contributed by atoms with Crippen molar-refractivity contribution < 1.29 is 18.7 Å². The maximum absolute atomic E-state index is 12.3. The fourth-order valence-electron chi connectivity index (χ4n) is 2.21. The number of benzene rings is 2. The first kappa shape index (κ1) is 15.7. The Bertz CT molecular complexity index is 851. The summed E-state index contributed by atoms with van der Waals surface area (Å²) in [6, 6.07) is 15.5. The molecule has 5 heteroatoms. The van der Waals surface area contributed by atoms with Crippen LogP contribution in [0.15, 0.2) is 65.2 Å². The van der Waals surface area contributed by atoms with Crippen molar-refractivity contribution in [1.82, 2.24) is 4.98 Å². The van der Waals surface area contributed by atoms with Gasteiger partial charge in [-0.1, -0.05) is 30.3 Å². The maximum atomic E-state index is 12.3. The first-order valence-corrected chi connectivity index (χ1v) is 7.52. The Hall–Kier alpha value is -3.21. The number of carbonyl (C=O) groups excluding carboxylic acids is 2. The number of carbonyl (C=O) groups is 2. The third-order valence-corrected chi connectivity index (χ3v) is 3.41. The summed E-state index contributed by atoms with van der Waals surface area (Å²) in [4.78, 5) is 28.1. The van der Waals surface area contributed by atoms with Gasteiger partial charge in [0, 0.05) is 11.1 Å². The van der Waals surface area contributed by atoms with E-state index in [0.29, 0.717) is 29.2 Å². The minimum Gasteiger partial charge on any atom is -0.462 e. The van der Waals surface area contributed by atoms with Gasteiger partial charge in [-0.15, -0.1) is 0 Å². The van der Waals surface area contributed by atoms with E-state index in [4.69, 9.17) is 9.15 Å². The second-order valence-corrected chi connectivity index (χ2v) is 5.02. The number of oxazole rings is 1. The molecule has 0 spiro atoms. The quantitative estimate of drug-likeness (QED) is 0.529. The summed E-state index contributed by atoms with van der Waals surface area (Å²) in [5.41, 5.74) is 1.67. The van der Waals surface area contributed by atoms with Gasteiger partial charge in [-0.05, 0) is 31.2 Å². The van der Waals surface area contributed by atoms with Crippen LogP contribution in [0.4, 0.5) is 0 Å². The fourth-order valence-corrected chi connectivity index (χ4v) is 2.21. The van der Waals surface area contributed by atoms with Crippen LogP contribution in [-0.2, 0) is 4.74 Å². The van der Waals surface area contributed by atoms with Crippen LogP contribution in [0.5, 0.6) is 0 Å². The molecule has 1 aromatic heterocycles. The summed E-state index contributed by atoms with van der Waals surface area (Å²) in [5.74, 6) is -0.107. The van der Waals surface area contributed by atoms with Gasteiger partial charge in [-0.3, -0.25) is 4.79 Å². The summed E-state index contributed by atoms with van der Waals surface area (Å²) >= 11 is 0. The smallest absolute Gasteiger partial charge is 0.338 e. The van der Waals surface area contributed by atoms with Crippen molar-refractivity contribution in [3.05, 3.63) is 77.7 Å². The second kappa shape index (κ2) is 6.91. The Morgan fingerprint density at radius 3 is 2.38 bits per heavy atom. The van der Waals surface area contributed by atoms with Crippen LogP contribution in [0.3, 0.4) is 0 Å². The molecular weight excluding hydrogens is 306 g/mol. The van der Waals surface area contributed by atoms with E-state index in [9.17, 15) is 9.59 Å². The summed E-state index contributed by atoms with van der Waals surface area (Å²) in [6.07, 6.45) is 1.41. The van der Waals surface area contributed by atoms with Gasteiger partial charge in [0.2, 0.25) is 11.7 Å². The van der Waals surface area contributed by atoms with Crippen LogP contribution in [0.1, 0.15) is 33.4 Å². The highest BCUT2D eigenvalue weighted by Gasteiger charge is 2.16. The Kier molecular flexibility index (Phi) is 4.52. The first-order valence-electron chi connectivity index (χ1n) is 7.52. The average molecular weight is 321 g/mol. The molecule has 3 rings (SSSR count). The standard InChI is InChI=1S/C19H15NO4/c1-2-23-19(22)15-10-8-14(9-11-15)18-20-12-16(24-18)17(21)13-6-4-3-5-7-13/h3-12H,2H2,1H3. The fraction of sp³-hybridized carbons (Fsp3) is 0.105. The van der Waals surface area contributed by atoms with Gasteiger partial charge in [0.15, 0.2) is 5.76 Å². The van der Waals surface area contributed by atoms with Crippen molar-refractivity contribution in [2.45, 2.75) is 6.92 Å². The average Bonchev–Trinajstić information content (AvgIpc) is 3.12. The predicted molar refractivity (Wildman–Crippen MR) is 87.8 cm³/mol. The predicted octanol–water partition coefficient (Wildman–Crippen LogP) is 3.75. The van der Waals surface area contributed by atoms with E-state index in [1.54, 1.807) is 55.5 Å². The molecule has 0 aliphatic carbocycles. The number of nitrogens with zero attached hydrogens (tertiary/aromatic N) is 1. The van der Waals surface area contributed by atoms with Gasteiger partial charge in [0.25, 0.3) is 0 Å². The third kappa shape index (κ3) is 3.25. The van der Waals surface area contributed by atoms with Gasteiger partial charge < -0.3 is 9.15 Å². The van der Waals surface area contributed by atoms with E-state index in [0.717, 1.165) is 0 Å². The van der Waals surface area contributed by atoms with E-state index >= 15 is 0 Å². The summed E-state index contributed by atoms with van der Waals surface area (Å²) in [7, 11) is 0. The molecular formula is C19H15NO4. The van der Waals surface area contributed by atoms with Crippen molar-refractivity contribution in [2.24, 2.45) is 0 Å². The lowest BCUT2D eigenvalue weighted by atomic mass is 10.1. The van der Waals surface area contributed by atoms with E-state index in [1.807, 2.05) is 6.07 Å². The minimum atomic E-state index is -0.378. The van der Waals surface area contributed by atoms with Crippen LogP contribution in [0, 0.1) is 0 Å². The summed E-state index contributed by atoms with van der Waals surface area (Å²) < 4.78 is 10.5. The zero-order valence-electron chi connectivity index (χ0n) is 13.1. The zero-order chi connectivity index (χ0) is 16.9. The molecule has 0 aliphatic rings. The van der Waals surface area contributed by atoms with E-state index in [1.165, 1.54) is 6.20 Å². The van der Waals surface area contributed by atoms with Gasteiger partial charge in [0.1, 0.15) is 0 Å². The van der Waals surface area contributed by atoms with E-state index in [-0.39, 0.29) is 17.5 Å². The molecule has 0 saturated carbocycles. The minimum absolute atomic E-state index is 0.172. The van der Waals surface area contributed by atoms with Gasteiger partial charge >= 0.3 is 5.97 Å². The Labute approximate surface area is 138 Å². The number of ether oxygens (including phenoxy) is 1. The molecule has 0 N–H and O–H groups in total. The molecule has 3 aromatic rings. The number of rotatable bonds is 5. The molecule has 24 heavy (non-hydrogen) atoms. The monoisotopic (exact) mass is 321 g/mol. The Balaban J connectivity index is 1.81. The Morgan fingerprint density at radius 2 is 1.71 bits per heavy atom. The molecule has 0 atom stereocenters. The number of hydrogen-bond acceptors (Lipinski definition) is 5. The number of ketones is 1. The van der Waals surface area contributed by atoms with Crippen molar-refractivity contribution in [2.75, 3.05) is 6.61 Å². The largest absolute Gasteiger partial charge is 0.462 e.